The summed E-state index contributed by atoms with van der Waals surface area (Å²) in [5.74, 6) is 2.41. The fraction of sp³-hybridized carbons (Fsp3) is 0.667. The van der Waals surface area contributed by atoms with E-state index in [1.165, 1.54) is 17.8 Å². The standard InChI is InChI=1S/C12H20O/c1-5-9(2)7-12-11(4)6-10(3)8-13-12/h5,9-10H,1,6-8H2,2-4H3. The quantitative estimate of drug-likeness (QED) is 0.604. The van der Waals surface area contributed by atoms with Crippen LogP contribution in [0.3, 0.4) is 0 Å². The van der Waals surface area contributed by atoms with Crippen molar-refractivity contribution in [3.05, 3.63) is 24.0 Å². The maximum absolute atomic E-state index is 5.71. The summed E-state index contributed by atoms with van der Waals surface area (Å²) in [5.41, 5.74) is 1.42. The summed E-state index contributed by atoms with van der Waals surface area (Å²) >= 11 is 0. The van der Waals surface area contributed by atoms with Crippen LogP contribution in [-0.4, -0.2) is 6.61 Å². The SMILES string of the molecule is C=CC(C)CC1=C(C)CC(C)CO1. The largest absolute Gasteiger partial charge is 0.498 e. The second-order valence-electron chi connectivity index (χ2n) is 4.24. The molecule has 2 unspecified atom stereocenters. The summed E-state index contributed by atoms with van der Waals surface area (Å²) in [6.45, 7) is 11.3. The summed E-state index contributed by atoms with van der Waals surface area (Å²) in [6, 6.07) is 0. The average molecular weight is 180 g/mol. The molecule has 1 heteroatoms. The fourth-order valence-electron chi connectivity index (χ4n) is 1.67. The molecular weight excluding hydrogens is 160 g/mol. The molecule has 0 spiro atoms. The third-order valence-corrected chi connectivity index (χ3v) is 2.58. The number of allylic oxidation sites excluding steroid dienone is 3. The van der Waals surface area contributed by atoms with Crippen molar-refractivity contribution in [2.24, 2.45) is 11.8 Å². The van der Waals surface area contributed by atoms with Gasteiger partial charge >= 0.3 is 0 Å². The zero-order chi connectivity index (χ0) is 9.84. The lowest BCUT2D eigenvalue weighted by atomic mass is 9.96. The van der Waals surface area contributed by atoms with Crippen LogP contribution in [0.5, 0.6) is 0 Å². The first-order chi connectivity index (χ1) is 6.13. The highest BCUT2D eigenvalue weighted by Crippen LogP contribution is 2.27. The van der Waals surface area contributed by atoms with Crippen LogP contribution in [0.1, 0.15) is 33.6 Å². The molecule has 1 rings (SSSR count). The van der Waals surface area contributed by atoms with Gasteiger partial charge in [0, 0.05) is 6.42 Å². The van der Waals surface area contributed by atoms with Crippen molar-refractivity contribution in [1.82, 2.24) is 0 Å². The lowest BCUT2D eigenvalue weighted by Gasteiger charge is -2.25. The molecule has 0 fully saturated rings. The van der Waals surface area contributed by atoms with E-state index in [2.05, 4.69) is 27.4 Å². The molecule has 1 aliphatic heterocycles. The topological polar surface area (TPSA) is 9.23 Å². The molecule has 0 N–H and O–H groups in total. The van der Waals surface area contributed by atoms with Crippen molar-refractivity contribution in [1.29, 1.82) is 0 Å². The van der Waals surface area contributed by atoms with Gasteiger partial charge in [-0.05, 0) is 30.8 Å². The van der Waals surface area contributed by atoms with Gasteiger partial charge in [0.25, 0.3) is 0 Å². The van der Waals surface area contributed by atoms with Crippen LogP contribution in [0.25, 0.3) is 0 Å². The predicted molar refractivity (Wildman–Crippen MR) is 56.4 cm³/mol. The van der Waals surface area contributed by atoms with Gasteiger partial charge in [-0.2, -0.15) is 0 Å². The third-order valence-electron chi connectivity index (χ3n) is 2.58. The Morgan fingerprint density at radius 1 is 1.69 bits per heavy atom. The monoisotopic (exact) mass is 180 g/mol. The van der Waals surface area contributed by atoms with Gasteiger partial charge in [-0.15, -0.1) is 6.58 Å². The number of hydrogen-bond acceptors (Lipinski definition) is 1. The van der Waals surface area contributed by atoms with Crippen LogP contribution in [-0.2, 0) is 4.74 Å². The Morgan fingerprint density at radius 2 is 2.38 bits per heavy atom. The maximum atomic E-state index is 5.71. The van der Waals surface area contributed by atoms with Crippen LogP contribution in [0.2, 0.25) is 0 Å². The zero-order valence-corrected chi connectivity index (χ0v) is 8.97. The van der Waals surface area contributed by atoms with Crippen molar-refractivity contribution in [2.45, 2.75) is 33.6 Å². The Kier molecular flexibility index (Phi) is 3.58. The molecule has 0 bridgehead atoms. The second-order valence-corrected chi connectivity index (χ2v) is 4.24. The molecule has 0 saturated carbocycles. The van der Waals surface area contributed by atoms with E-state index < -0.39 is 0 Å². The highest BCUT2D eigenvalue weighted by Gasteiger charge is 2.16. The predicted octanol–water partition coefficient (Wildman–Crippen LogP) is 3.53. The molecular formula is C12H20O. The van der Waals surface area contributed by atoms with Crippen molar-refractivity contribution in [3.8, 4) is 0 Å². The highest BCUT2D eigenvalue weighted by molar-refractivity contribution is 5.10. The highest BCUT2D eigenvalue weighted by atomic mass is 16.5. The van der Waals surface area contributed by atoms with Crippen molar-refractivity contribution < 1.29 is 4.74 Å². The van der Waals surface area contributed by atoms with Gasteiger partial charge in [0.2, 0.25) is 0 Å². The smallest absolute Gasteiger partial charge is 0.0954 e. The minimum Gasteiger partial charge on any atom is -0.498 e. The normalized spacial score (nSPS) is 25.3. The molecule has 0 radical (unpaired) electrons. The first kappa shape index (κ1) is 10.4. The van der Waals surface area contributed by atoms with E-state index in [-0.39, 0.29) is 0 Å². The van der Waals surface area contributed by atoms with E-state index in [1.807, 2.05) is 6.08 Å². The summed E-state index contributed by atoms with van der Waals surface area (Å²) in [4.78, 5) is 0. The van der Waals surface area contributed by atoms with Gasteiger partial charge in [0.1, 0.15) is 0 Å². The van der Waals surface area contributed by atoms with Crippen LogP contribution < -0.4 is 0 Å². The lowest BCUT2D eigenvalue weighted by molar-refractivity contribution is 0.136. The van der Waals surface area contributed by atoms with Crippen LogP contribution in [0.15, 0.2) is 24.0 Å². The van der Waals surface area contributed by atoms with E-state index in [9.17, 15) is 0 Å². The van der Waals surface area contributed by atoms with E-state index in [1.54, 1.807) is 0 Å². The molecule has 1 heterocycles. The third kappa shape index (κ3) is 2.91. The van der Waals surface area contributed by atoms with E-state index in [0.717, 1.165) is 13.0 Å². The minimum atomic E-state index is 0.526. The van der Waals surface area contributed by atoms with E-state index in [0.29, 0.717) is 11.8 Å². The summed E-state index contributed by atoms with van der Waals surface area (Å²) in [7, 11) is 0. The first-order valence-electron chi connectivity index (χ1n) is 5.07. The van der Waals surface area contributed by atoms with Gasteiger partial charge in [-0.25, -0.2) is 0 Å². The Morgan fingerprint density at radius 3 is 2.92 bits per heavy atom. The molecule has 0 aromatic heterocycles. The van der Waals surface area contributed by atoms with E-state index in [4.69, 9.17) is 4.74 Å². The Labute approximate surface area is 81.5 Å². The van der Waals surface area contributed by atoms with E-state index >= 15 is 0 Å². The van der Waals surface area contributed by atoms with Gasteiger partial charge in [-0.3, -0.25) is 0 Å². The van der Waals surface area contributed by atoms with Crippen molar-refractivity contribution in [2.75, 3.05) is 6.61 Å². The summed E-state index contributed by atoms with van der Waals surface area (Å²) in [5, 5.41) is 0. The Bertz CT molecular complexity index is 215. The molecule has 13 heavy (non-hydrogen) atoms. The second kappa shape index (κ2) is 4.50. The molecule has 0 amide bonds. The fourth-order valence-corrected chi connectivity index (χ4v) is 1.67. The van der Waals surface area contributed by atoms with Crippen molar-refractivity contribution in [3.63, 3.8) is 0 Å². The molecule has 0 saturated heterocycles. The Balaban J connectivity index is 2.57. The molecule has 1 aliphatic rings. The summed E-state index contributed by atoms with van der Waals surface area (Å²) < 4.78 is 5.71. The van der Waals surface area contributed by atoms with Gasteiger partial charge < -0.3 is 4.74 Å². The van der Waals surface area contributed by atoms with Crippen LogP contribution in [0.4, 0.5) is 0 Å². The number of hydrogen-bond donors (Lipinski definition) is 0. The van der Waals surface area contributed by atoms with Gasteiger partial charge in [0.05, 0.1) is 12.4 Å². The lowest BCUT2D eigenvalue weighted by Crippen LogP contribution is -2.15. The minimum absolute atomic E-state index is 0.526. The number of rotatable bonds is 3. The molecule has 0 aliphatic carbocycles. The first-order valence-corrected chi connectivity index (χ1v) is 5.07. The molecule has 0 aromatic rings. The summed E-state index contributed by atoms with van der Waals surface area (Å²) in [6.07, 6.45) is 4.20. The molecule has 74 valence electrons. The van der Waals surface area contributed by atoms with Crippen LogP contribution >= 0.6 is 0 Å². The Hall–Kier alpha value is -0.720. The molecule has 2 atom stereocenters. The molecule has 0 aromatic carbocycles. The zero-order valence-electron chi connectivity index (χ0n) is 8.97. The van der Waals surface area contributed by atoms with Gasteiger partial charge in [-0.1, -0.05) is 19.9 Å². The van der Waals surface area contributed by atoms with Crippen LogP contribution in [0, 0.1) is 11.8 Å². The van der Waals surface area contributed by atoms with Gasteiger partial charge in [0.15, 0.2) is 0 Å². The van der Waals surface area contributed by atoms with Crippen molar-refractivity contribution >= 4 is 0 Å². The number of ether oxygens (including phenoxy) is 1. The molecule has 1 nitrogen and oxygen atoms in total. The average Bonchev–Trinajstić information content (AvgIpc) is 2.09. The maximum Gasteiger partial charge on any atom is 0.0954 e.